The molecule has 2 N–H and O–H groups in total. The highest BCUT2D eigenvalue weighted by molar-refractivity contribution is 4.85. The molecule has 0 amide bonds. The lowest BCUT2D eigenvalue weighted by molar-refractivity contribution is 0.0169. The summed E-state index contributed by atoms with van der Waals surface area (Å²) >= 11 is 0. The Kier molecular flexibility index (Phi) is 4.38. The van der Waals surface area contributed by atoms with Crippen LogP contribution in [0.4, 0.5) is 0 Å². The molecule has 1 saturated heterocycles. The lowest BCUT2D eigenvalue weighted by Gasteiger charge is -2.35. The summed E-state index contributed by atoms with van der Waals surface area (Å²) in [5.41, 5.74) is 0. The smallest absolute Gasteiger partial charge is 0.0601 e. The zero-order chi connectivity index (χ0) is 10.5. The van der Waals surface area contributed by atoms with E-state index in [1.54, 1.807) is 0 Å². The van der Waals surface area contributed by atoms with Gasteiger partial charge in [-0.3, -0.25) is 4.90 Å². The standard InChI is InChI=1S/C11H23N3O/c1-15-11-8-10(9-11)13-4-7-14-5-2-12-3-6-14/h10-13H,2-9H2,1H3. The summed E-state index contributed by atoms with van der Waals surface area (Å²) in [6, 6.07) is 0.706. The van der Waals surface area contributed by atoms with Crippen molar-refractivity contribution in [3.05, 3.63) is 0 Å². The number of hydrogen-bond donors (Lipinski definition) is 2. The van der Waals surface area contributed by atoms with E-state index in [-0.39, 0.29) is 0 Å². The van der Waals surface area contributed by atoms with Gasteiger partial charge in [0.15, 0.2) is 0 Å². The van der Waals surface area contributed by atoms with E-state index >= 15 is 0 Å². The molecular formula is C11H23N3O. The second-order valence-corrected chi connectivity index (χ2v) is 4.57. The molecule has 0 aromatic rings. The molecule has 2 aliphatic rings. The van der Waals surface area contributed by atoms with Gasteiger partial charge >= 0.3 is 0 Å². The van der Waals surface area contributed by atoms with Crippen molar-refractivity contribution >= 4 is 0 Å². The largest absolute Gasteiger partial charge is 0.381 e. The first-order chi connectivity index (χ1) is 7.38. The van der Waals surface area contributed by atoms with Crippen LogP contribution >= 0.6 is 0 Å². The average Bonchev–Trinajstić information content (AvgIpc) is 2.23. The van der Waals surface area contributed by atoms with Crippen molar-refractivity contribution in [3.8, 4) is 0 Å². The van der Waals surface area contributed by atoms with Crippen molar-refractivity contribution in [1.29, 1.82) is 0 Å². The maximum Gasteiger partial charge on any atom is 0.0601 e. The molecule has 0 bridgehead atoms. The van der Waals surface area contributed by atoms with Crippen molar-refractivity contribution in [2.45, 2.75) is 25.0 Å². The van der Waals surface area contributed by atoms with Crippen molar-refractivity contribution in [2.24, 2.45) is 0 Å². The third-order valence-corrected chi connectivity index (χ3v) is 3.50. The second kappa shape index (κ2) is 5.80. The molecule has 1 saturated carbocycles. The molecule has 15 heavy (non-hydrogen) atoms. The first-order valence-corrected chi connectivity index (χ1v) is 6.07. The average molecular weight is 213 g/mol. The number of nitrogens with zero attached hydrogens (tertiary/aromatic N) is 1. The molecule has 4 heteroatoms. The van der Waals surface area contributed by atoms with Crippen LogP contribution in [-0.2, 0) is 4.74 Å². The van der Waals surface area contributed by atoms with Crippen LogP contribution in [0.3, 0.4) is 0 Å². The molecule has 1 aliphatic carbocycles. The Morgan fingerprint density at radius 3 is 2.73 bits per heavy atom. The van der Waals surface area contributed by atoms with Gasteiger partial charge in [-0.2, -0.15) is 0 Å². The predicted octanol–water partition coefficient (Wildman–Crippen LogP) is -0.341. The zero-order valence-corrected chi connectivity index (χ0v) is 9.67. The predicted molar refractivity (Wildman–Crippen MR) is 61.1 cm³/mol. The Morgan fingerprint density at radius 1 is 1.33 bits per heavy atom. The summed E-state index contributed by atoms with van der Waals surface area (Å²) in [4.78, 5) is 2.52. The molecule has 2 rings (SSSR count). The molecule has 0 spiro atoms. The summed E-state index contributed by atoms with van der Waals surface area (Å²) in [5, 5.41) is 6.96. The van der Waals surface area contributed by atoms with Crippen molar-refractivity contribution in [1.82, 2.24) is 15.5 Å². The third-order valence-electron chi connectivity index (χ3n) is 3.50. The van der Waals surface area contributed by atoms with Gasteiger partial charge in [-0.25, -0.2) is 0 Å². The molecule has 0 unspecified atom stereocenters. The van der Waals surface area contributed by atoms with Crippen LogP contribution in [-0.4, -0.2) is 63.4 Å². The van der Waals surface area contributed by atoms with E-state index < -0.39 is 0 Å². The molecule has 1 aliphatic heterocycles. The SMILES string of the molecule is COC1CC(NCCN2CCNCC2)C1. The fraction of sp³-hybridized carbons (Fsp3) is 1.00. The van der Waals surface area contributed by atoms with Gasteiger partial charge in [0.05, 0.1) is 6.10 Å². The molecule has 2 fully saturated rings. The Hall–Kier alpha value is -0.160. The summed E-state index contributed by atoms with van der Waals surface area (Å²) in [6.45, 7) is 7.02. The first-order valence-electron chi connectivity index (χ1n) is 6.07. The monoisotopic (exact) mass is 213 g/mol. The maximum absolute atomic E-state index is 5.25. The zero-order valence-electron chi connectivity index (χ0n) is 9.67. The van der Waals surface area contributed by atoms with E-state index in [0.29, 0.717) is 12.1 Å². The normalized spacial score (nSPS) is 32.6. The van der Waals surface area contributed by atoms with Gasteiger partial charge in [0.2, 0.25) is 0 Å². The van der Waals surface area contributed by atoms with Gasteiger partial charge in [-0.15, -0.1) is 0 Å². The van der Waals surface area contributed by atoms with E-state index in [4.69, 9.17) is 4.74 Å². The van der Waals surface area contributed by atoms with E-state index in [9.17, 15) is 0 Å². The van der Waals surface area contributed by atoms with Crippen LogP contribution in [0.25, 0.3) is 0 Å². The Balaban J connectivity index is 1.48. The lowest BCUT2D eigenvalue weighted by atomic mass is 9.89. The van der Waals surface area contributed by atoms with E-state index in [2.05, 4.69) is 15.5 Å². The van der Waals surface area contributed by atoms with Gasteiger partial charge in [0.1, 0.15) is 0 Å². The van der Waals surface area contributed by atoms with E-state index in [1.165, 1.54) is 32.5 Å². The van der Waals surface area contributed by atoms with Crippen LogP contribution in [0.5, 0.6) is 0 Å². The molecule has 4 nitrogen and oxygen atoms in total. The molecule has 88 valence electrons. The summed E-state index contributed by atoms with van der Waals surface area (Å²) in [7, 11) is 1.81. The van der Waals surface area contributed by atoms with Crippen molar-refractivity contribution < 1.29 is 4.74 Å². The summed E-state index contributed by atoms with van der Waals surface area (Å²) < 4.78 is 5.25. The van der Waals surface area contributed by atoms with Gasteiger partial charge in [-0.05, 0) is 12.8 Å². The van der Waals surface area contributed by atoms with Gasteiger partial charge in [0, 0.05) is 52.4 Å². The van der Waals surface area contributed by atoms with Gasteiger partial charge in [0.25, 0.3) is 0 Å². The Bertz CT molecular complexity index is 177. The number of piperazine rings is 1. The highest BCUT2D eigenvalue weighted by Crippen LogP contribution is 2.21. The molecule has 1 heterocycles. The van der Waals surface area contributed by atoms with Crippen LogP contribution in [0.2, 0.25) is 0 Å². The van der Waals surface area contributed by atoms with Crippen LogP contribution in [0.1, 0.15) is 12.8 Å². The van der Waals surface area contributed by atoms with Gasteiger partial charge < -0.3 is 15.4 Å². The quantitative estimate of drug-likeness (QED) is 0.655. The maximum atomic E-state index is 5.25. The number of ether oxygens (including phenoxy) is 1. The molecule has 0 aromatic heterocycles. The number of methoxy groups -OCH3 is 1. The first kappa shape index (κ1) is 11.3. The molecule has 0 radical (unpaired) electrons. The van der Waals surface area contributed by atoms with Crippen molar-refractivity contribution in [3.63, 3.8) is 0 Å². The fourth-order valence-electron chi connectivity index (χ4n) is 2.29. The number of rotatable bonds is 5. The Labute approximate surface area is 92.4 Å². The minimum atomic E-state index is 0.515. The summed E-state index contributed by atoms with van der Waals surface area (Å²) in [5.74, 6) is 0. The molecule has 0 aromatic carbocycles. The van der Waals surface area contributed by atoms with Crippen LogP contribution < -0.4 is 10.6 Å². The van der Waals surface area contributed by atoms with Crippen LogP contribution in [0, 0.1) is 0 Å². The topological polar surface area (TPSA) is 36.5 Å². The Morgan fingerprint density at radius 2 is 2.07 bits per heavy atom. The highest BCUT2D eigenvalue weighted by atomic mass is 16.5. The highest BCUT2D eigenvalue weighted by Gasteiger charge is 2.28. The van der Waals surface area contributed by atoms with E-state index in [0.717, 1.165) is 19.6 Å². The number of hydrogen-bond acceptors (Lipinski definition) is 4. The number of nitrogens with one attached hydrogen (secondary N) is 2. The lowest BCUT2D eigenvalue weighted by Crippen LogP contribution is -2.49. The van der Waals surface area contributed by atoms with Gasteiger partial charge in [-0.1, -0.05) is 0 Å². The molecule has 0 atom stereocenters. The summed E-state index contributed by atoms with van der Waals surface area (Å²) in [6.07, 6.45) is 2.90. The second-order valence-electron chi connectivity index (χ2n) is 4.57. The van der Waals surface area contributed by atoms with E-state index in [1.807, 2.05) is 7.11 Å². The molecular weight excluding hydrogens is 190 g/mol. The van der Waals surface area contributed by atoms with Crippen molar-refractivity contribution in [2.75, 3.05) is 46.4 Å². The minimum Gasteiger partial charge on any atom is -0.381 e. The van der Waals surface area contributed by atoms with Crippen LogP contribution in [0.15, 0.2) is 0 Å². The fourth-order valence-corrected chi connectivity index (χ4v) is 2.29. The third kappa shape index (κ3) is 3.41. The minimum absolute atomic E-state index is 0.515.